The van der Waals surface area contributed by atoms with E-state index in [1.54, 1.807) is 24.3 Å². The van der Waals surface area contributed by atoms with Gasteiger partial charge >= 0.3 is 0 Å². The highest BCUT2D eigenvalue weighted by Gasteiger charge is 1.94. The van der Waals surface area contributed by atoms with E-state index in [0.717, 1.165) is 17.4 Å². The van der Waals surface area contributed by atoms with Gasteiger partial charge in [-0.2, -0.15) is 0 Å². The number of benzene rings is 1. The largest absolute Gasteiger partial charge is 0.299 e. The van der Waals surface area contributed by atoms with Crippen LogP contribution in [0.3, 0.4) is 0 Å². The molecule has 1 rings (SSSR count). The molecule has 0 N–H and O–H groups in total. The molecule has 1 aromatic carbocycles. The summed E-state index contributed by atoms with van der Waals surface area (Å²) in [7, 11) is 0. The number of carbonyl (C=O) groups excluding carboxylic acids is 1. The topological polar surface area (TPSA) is 17.1 Å². The molecule has 0 bridgehead atoms. The molecule has 0 saturated heterocycles. The molecule has 2 heteroatoms. The molecule has 0 saturated carbocycles. The van der Waals surface area contributed by atoms with Gasteiger partial charge in [0.05, 0.1) is 0 Å². The Labute approximate surface area is 113 Å². The molecule has 0 amide bonds. The van der Waals surface area contributed by atoms with Crippen LogP contribution in [0.15, 0.2) is 65.8 Å². The third kappa shape index (κ3) is 5.77. The van der Waals surface area contributed by atoms with Crippen LogP contribution in [0.2, 0.25) is 0 Å². The molecule has 19 heavy (non-hydrogen) atoms. The van der Waals surface area contributed by atoms with E-state index in [2.05, 4.69) is 0 Å². The Morgan fingerprint density at radius 1 is 1.05 bits per heavy atom. The second kappa shape index (κ2) is 7.98. The molecule has 98 valence electrons. The van der Waals surface area contributed by atoms with E-state index in [-0.39, 0.29) is 5.82 Å². The van der Waals surface area contributed by atoms with Crippen LogP contribution in [0.1, 0.15) is 19.4 Å². The predicted molar refractivity (Wildman–Crippen MR) is 78.2 cm³/mol. The summed E-state index contributed by atoms with van der Waals surface area (Å²) >= 11 is 0. The summed E-state index contributed by atoms with van der Waals surface area (Å²) in [6.45, 7) is 3.78. The molecule has 0 spiro atoms. The number of halogens is 1. The second-order valence-corrected chi connectivity index (χ2v) is 4.17. The van der Waals surface area contributed by atoms with Gasteiger partial charge < -0.3 is 0 Å². The van der Waals surface area contributed by atoms with Gasteiger partial charge in [0, 0.05) is 5.56 Å². The molecule has 0 radical (unpaired) electrons. The van der Waals surface area contributed by atoms with Gasteiger partial charge in [0.2, 0.25) is 0 Å². The Kier molecular flexibility index (Phi) is 6.23. The standard InChI is InChI=1S/C17H17FO/c1-14(6-5-7-15(2)12-13-19)10-11-16-8-3-4-9-17(16)18/h3-13H,1-2H3. The fraction of sp³-hybridized carbons (Fsp3) is 0.118. The highest BCUT2D eigenvalue weighted by Crippen LogP contribution is 2.10. The van der Waals surface area contributed by atoms with Gasteiger partial charge in [-0.05, 0) is 31.6 Å². The van der Waals surface area contributed by atoms with E-state index in [1.165, 1.54) is 12.1 Å². The lowest BCUT2D eigenvalue weighted by Gasteiger charge is -1.95. The van der Waals surface area contributed by atoms with Crippen molar-refractivity contribution in [3.63, 3.8) is 0 Å². The Morgan fingerprint density at radius 3 is 2.42 bits per heavy atom. The first-order chi connectivity index (χ1) is 9.13. The maximum absolute atomic E-state index is 13.4. The molecule has 0 atom stereocenters. The highest BCUT2D eigenvalue weighted by molar-refractivity contribution is 5.67. The van der Waals surface area contributed by atoms with Gasteiger partial charge in [-0.3, -0.25) is 4.79 Å². The molecule has 0 fully saturated rings. The summed E-state index contributed by atoms with van der Waals surface area (Å²) in [5.41, 5.74) is 2.45. The normalized spacial score (nSPS) is 13.4. The average molecular weight is 256 g/mol. The smallest absolute Gasteiger partial charge is 0.143 e. The molecule has 0 aliphatic carbocycles. The zero-order chi connectivity index (χ0) is 14.1. The van der Waals surface area contributed by atoms with E-state index in [9.17, 15) is 9.18 Å². The van der Waals surface area contributed by atoms with Crippen molar-refractivity contribution in [2.75, 3.05) is 0 Å². The van der Waals surface area contributed by atoms with Crippen LogP contribution >= 0.6 is 0 Å². The fourth-order valence-electron chi connectivity index (χ4n) is 1.40. The minimum atomic E-state index is -0.230. The minimum absolute atomic E-state index is 0.230. The van der Waals surface area contributed by atoms with Crippen molar-refractivity contribution in [3.8, 4) is 0 Å². The second-order valence-electron chi connectivity index (χ2n) is 4.17. The minimum Gasteiger partial charge on any atom is -0.299 e. The van der Waals surface area contributed by atoms with E-state index < -0.39 is 0 Å². The number of aldehydes is 1. The number of rotatable bonds is 5. The summed E-state index contributed by atoms with van der Waals surface area (Å²) in [6.07, 6.45) is 11.4. The third-order valence-corrected chi connectivity index (χ3v) is 2.48. The van der Waals surface area contributed by atoms with Gasteiger partial charge in [-0.1, -0.05) is 54.2 Å². The van der Waals surface area contributed by atoms with E-state index in [4.69, 9.17) is 0 Å². The maximum atomic E-state index is 13.4. The predicted octanol–water partition coefficient (Wildman–Crippen LogP) is 4.49. The zero-order valence-corrected chi connectivity index (χ0v) is 11.1. The SMILES string of the molecule is CC(C=CC=C(C)C=Cc1ccccc1F)=CC=O. The van der Waals surface area contributed by atoms with Crippen LogP contribution in [0.4, 0.5) is 4.39 Å². The van der Waals surface area contributed by atoms with Crippen LogP contribution in [0.25, 0.3) is 6.08 Å². The first-order valence-electron chi connectivity index (χ1n) is 6.03. The average Bonchev–Trinajstić information content (AvgIpc) is 2.38. The van der Waals surface area contributed by atoms with Crippen molar-refractivity contribution >= 4 is 12.4 Å². The summed E-state index contributed by atoms with van der Waals surface area (Å²) in [6, 6.07) is 6.63. The molecule has 0 aliphatic rings. The molecule has 1 nitrogen and oxygen atoms in total. The first kappa shape index (κ1) is 14.8. The molecular weight excluding hydrogens is 239 g/mol. The molecule has 0 unspecified atom stereocenters. The van der Waals surface area contributed by atoms with Crippen LogP contribution in [0, 0.1) is 5.82 Å². The van der Waals surface area contributed by atoms with Gasteiger partial charge in [-0.15, -0.1) is 0 Å². The van der Waals surface area contributed by atoms with Crippen LogP contribution in [0.5, 0.6) is 0 Å². The van der Waals surface area contributed by atoms with E-state index in [0.29, 0.717) is 5.56 Å². The van der Waals surface area contributed by atoms with Crippen molar-refractivity contribution < 1.29 is 9.18 Å². The van der Waals surface area contributed by atoms with Crippen LogP contribution < -0.4 is 0 Å². The first-order valence-corrected chi connectivity index (χ1v) is 6.03. The number of carbonyl (C=O) groups is 1. The Bertz CT molecular complexity index is 548. The van der Waals surface area contributed by atoms with Crippen LogP contribution in [-0.2, 0) is 4.79 Å². The van der Waals surface area contributed by atoms with E-state index in [1.807, 2.05) is 38.2 Å². The fourth-order valence-corrected chi connectivity index (χ4v) is 1.40. The molecule has 0 aliphatic heterocycles. The van der Waals surface area contributed by atoms with Crippen molar-refractivity contribution in [2.24, 2.45) is 0 Å². The number of allylic oxidation sites excluding steroid dienone is 7. The zero-order valence-electron chi connectivity index (χ0n) is 11.1. The molecular formula is C17H17FO. The number of hydrogen-bond donors (Lipinski definition) is 0. The van der Waals surface area contributed by atoms with Crippen LogP contribution in [-0.4, -0.2) is 6.29 Å². The van der Waals surface area contributed by atoms with Crippen molar-refractivity contribution in [1.29, 1.82) is 0 Å². The van der Waals surface area contributed by atoms with Gasteiger partial charge in [-0.25, -0.2) is 4.39 Å². The molecule has 1 aromatic rings. The quantitative estimate of drug-likeness (QED) is 0.431. The molecule has 0 heterocycles. The summed E-state index contributed by atoms with van der Waals surface area (Å²) in [4.78, 5) is 10.2. The van der Waals surface area contributed by atoms with Gasteiger partial charge in [0.1, 0.15) is 12.1 Å². The lowest BCUT2D eigenvalue weighted by atomic mass is 10.1. The molecule has 0 aromatic heterocycles. The third-order valence-electron chi connectivity index (χ3n) is 2.48. The Hall–Kier alpha value is -2.22. The highest BCUT2D eigenvalue weighted by atomic mass is 19.1. The Morgan fingerprint density at radius 2 is 1.74 bits per heavy atom. The Balaban J connectivity index is 2.69. The monoisotopic (exact) mass is 256 g/mol. The van der Waals surface area contributed by atoms with Crippen molar-refractivity contribution in [3.05, 3.63) is 77.2 Å². The van der Waals surface area contributed by atoms with Gasteiger partial charge in [0.25, 0.3) is 0 Å². The van der Waals surface area contributed by atoms with Crippen molar-refractivity contribution in [1.82, 2.24) is 0 Å². The lowest BCUT2D eigenvalue weighted by molar-refractivity contribution is -0.104. The summed E-state index contributed by atoms with van der Waals surface area (Å²) in [5.74, 6) is -0.230. The summed E-state index contributed by atoms with van der Waals surface area (Å²) < 4.78 is 13.4. The lowest BCUT2D eigenvalue weighted by Crippen LogP contribution is -1.79. The maximum Gasteiger partial charge on any atom is 0.143 e. The van der Waals surface area contributed by atoms with E-state index >= 15 is 0 Å². The number of hydrogen-bond acceptors (Lipinski definition) is 1. The van der Waals surface area contributed by atoms with Gasteiger partial charge in [0.15, 0.2) is 0 Å². The summed E-state index contributed by atoms with van der Waals surface area (Å²) in [5, 5.41) is 0. The van der Waals surface area contributed by atoms with Crippen molar-refractivity contribution in [2.45, 2.75) is 13.8 Å².